The first kappa shape index (κ1) is 19.2. The van der Waals surface area contributed by atoms with Gasteiger partial charge in [0, 0.05) is 11.6 Å². The second-order valence-electron chi connectivity index (χ2n) is 5.79. The Labute approximate surface area is 150 Å². The van der Waals surface area contributed by atoms with Gasteiger partial charge in [-0.1, -0.05) is 18.2 Å². The van der Waals surface area contributed by atoms with Gasteiger partial charge in [0.1, 0.15) is 17.1 Å². The lowest BCUT2D eigenvalue weighted by Gasteiger charge is -2.17. The molecule has 1 aromatic carbocycles. The van der Waals surface area contributed by atoms with Crippen LogP contribution in [0.25, 0.3) is 0 Å². The molecule has 0 aliphatic rings. The van der Waals surface area contributed by atoms with Crippen molar-refractivity contribution in [1.29, 1.82) is 0 Å². The van der Waals surface area contributed by atoms with E-state index in [1.807, 2.05) is 18.2 Å². The van der Waals surface area contributed by atoms with Crippen LogP contribution in [0.2, 0.25) is 0 Å². The third-order valence-corrected chi connectivity index (χ3v) is 3.86. The van der Waals surface area contributed by atoms with Gasteiger partial charge in [0.2, 0.25) is 0 Å². The minimum absolute atomic E-state index is 0.148. The van der Waals surface area contributed by atoms with Crippen molar-refractivity contribution in [2.24, 2.45) is 0 Å². The van der Waals surface area contributed by atoms with Gasteiger partial charge < -0.3 is 19.2 Å². The summed E-state index contributed by atoms with van der Waals surface area (Å²) >= 11 is 0. The van der Waals surface area contributed by atoms with Crippen LogP contribution in [-0.2, 0) is 9.53 Å². The van der Waals surface area contributed by atoms with E-state index in [4.69, 9.17) is 13.9 Å². The zero-order chi connectivity index (χ0) is 19.3. The second-order valence-corrected chi connectivity index (χ2v) is 5.79. The van der Waals surface area contributed by atoms with Gasteiger partial charge in [0.05, 0.1) is 13.2 Å². The Morgan fingerprint density at radius 1 is 1.23 bits per heavy atom. The summed E-state index contributed by atoms with van der Waals surface area (Å²) < 4.78 is 15.2. The number of rotatable bonds is 6. The van der Waals surface area contributed by atoms with Crippen molar-refractivity contribution in [2.75, 3.05) is 13.7 Å². The molecule has 0 aliphatic carbocycles. The van der Waals surface area contributed by atoms with Crippen LogP contribution < -0.4 is 15.7 Å². The number of methoxy groups -OCH3 is 1. The fraction of sp³-hybridized carbons (Fsp3) is 0.316. The SMILES string of the molecule is COc1ccccc1C(C)NC(=O)COC(=O)c1c(C)cc(=O)oc1C. The average Bonchev–Trinajstić information content (AvgIpc) is 2.59. The van der Waals surface area contributed by atoms with Gasteiger partial charge >= 0.3 is 11.6 Å². The molecule has 0 radical (unpaired) electrons. The highest BCUT2D eigenvalue weighted by Gasteiger charge is 2.19. The van der Waals surface area contributed by atoms with E-state index in [1.54, 1.807) is 27.0 Å². The van der Waals surface area contributed by atoms with E-state index >= 15 is 0 Å². The van der Waals surface area contributed by atoms with Crippen molar-refractivity contribution in [2.45, 2.75) is 26.8 Å². The topological polar surface area (TPSA) is 94.8 Å². The number of aryl methyl sites for hydroxylation is 2. The number of ether oxygens (including phenoxy) is 2. The summed E-state index contributed by atoms with van der Waals surface area (Å²) in [5, 5.41) is 2.75. The van der Waals surface area contributed by atoms with Gasteiger partial charge in [-0.05, 0) is 32.4 Å². The summed E-state index contributed by atoms with van der Waals surface area (Å²) in [5.74, 6) is -0.362. The first-order chi connectivity index (χ1) is 12.3. The average molecular weight is 359 g/mol. The quantitative estimate of drug-likeness (QED) is 0.795. The van der Waals surface area contributed by atoms with Gasteiger partial charge in [-0.15, -0.1) is 0 Å². The number of para-hydroxylation sites is 1. The predicted molar refractivity (Wildman–Crippen MR) is 94.3 cm³/mol. The zero-order valence-electron chi connectivity index (χ0n) is 15.1. The van der Waals surface area contributed by atoms with Gasteiger partial charge in [0.15, 0.2) is 6.61 Å². The van der Waals surface area contributed by atoms with Crippen molar-refractivity contribution in [3.05, 3.63) is 63.2 Å². The van der Waals surface area contributed by atoms with E-state index in [-0.39, 0.29) is 17.4 Å². The molecular weight excluding hydrogens is 338 g/mol. The van der Waals surface area contributed by atoms with E-state index in [9.17, 15) is 14.4 Å². The second kappa shape index (κ2) is 8.33. The number of hydrogen-bond acceptors (Lipinski definition) is 6. The molecule has 7 heteroatoms. The summed E-state index contributed by atoms with van der Waals surface area (Å²) in [6, 6.07) is 8.20. The molecule has 0 spiro atoms. The lowest BCUT2D eigenvalue weighted by atomic mass is 10.1. The molecule has 1 heterocycles. The number of carbonyl (C=O) groups excluding carboxylic acids is 2. The van der Waals surface area contributed by atoms with E-state index in [0.29, 0.717) is 11.3 Å². The Bertz CT molecular complexity index is 844. The molecule has 1 aromatic heterocycles. The standard InChI is InChI=1S/C19H21NO6/c1-11-9-17(22)26-13(3)18(11)19(23)25-10-16(21)20-12(2)14-7-5-6-8-15(14)24-4/h5-9,12H,10H2,1-4H3,(H,20,21). The summed E-state index contributed by atoms with van der Waals surface area (Å²) in [6.45, 7) is 4.45. The summed E-state index contributed by atoms with van der Waals surface area (Å²) in [7, 11) is 1.55. The van der Waals surface area contributed by atoms with E-state index < -0.39 is 24.1 Å². The number of hydrogen-bond donors (Lipinski definition) is 1. The van der Waals surface area contributed by atoms with Gasteiger partial charge in [-0.2, -0.15) is 0 Å². The Morgan fingerprint density at radius 3 is 2.58 bits per heavy atom. The molecule has 1 N–H and O–H groups in total. The summed E-state index contributed by atoms with van der Waals surface area (Å²) in [5.41, 5.74) is 0.854. The lowest BCUT2D eigenvalue weighted by Crippen LogP contribution is -2.31. The maximum absolute atomic E-state index is 12.2. The van der Waals surface area contributed by atoms with E-state index in [1.165, 1.54) is 13.0 Å². The van der Waals surface area contributed by atoms with E-state index in [0.717, 1.165) is 5.56 Å². The maximum atomic E-state index is 12.2. The van der Waals surface area contributed by atoms with E-state index in [2.05, 4.69) is 5.32 Å². The minimum atomic E-state index is -0.719. The third-order valence-electron chi connectivity index (χ3n) is 3.86. The monoisotopic (exact) mass is 359 g/mol. The molecule has 1 atom stereocenters. The van der Waals surface area contributed by atoms with Crippen LogP contribution in [0.3, 0.4) is 0 Å². The van der Waals surface area contributed by atoms with Crippen molar-refractivity contribution in [3.8, 4) is 5.75 Å². The highest BCUT2D eigenvalue weighted by Crippen LogP contribution is 2.24. The van der Waals surface area contributed by atoms with Crippen molar-refractivity contribution >= 4 is 11.9 Å². The van der Waals surface area contributed by atoms with Gasteiger partial charge in [-0.25, -0.2) is 9.59 Å². The van der Waals surface area contributed by atoms with Crippen molar-refractivity contribution < 1.29 is 23.5 Å². The van der Waals surface area contributed by atoms with Crippen molar-refractivity contribution in [3.63, 3.8) is 0 Å². The molecule has 1 unspecified atom stereocenters. The Hall–Kier alpha value is -3.09. The number of benzene rings is 1. The van der Waals surface area contributed by atoms with Gasteiger partial charge in [-0.3, -0.25) is 4.79 Å². The molecule has 7 nitrogen and oxygen atoms in total. The first-order valence-electron chi connectivity index (χ1n) is 8.04. The zero-order valence-corrected chi connectivity index (χ0v) is 15.1. The molecule has 2 aromatic rings. The fourth-order valence-corrected chi connectivity index (χ4v) is 2.65. The number of carbonyl (C=O) groups is 2. The Balaban J connectivity index is 1.99. The molecule has 138 valence electrons. The largest absolute Gasteiger partial charge is 0.496 e. The Morgan fingerprint density at radius 2 is 1.92 bits per heavy atom. The predicted octanol–water partition coefficient (Wildman–Crippen LogP) is 2.30. The lowest BCUT2D eigenvalue weighted by molar-refractivity contribution is -0.124. The molecule has 0 bridgehead atoms. The molecular formula is C19H21NO6. The normalized spacial score (nSPS) is 11.5. The third kappa shape index (κ3) is 4.50. The van der Waals surface area contributed by atoms with Gasteiger partial charge in [0.25, 0.3) is 5.91 Å². The fourth-order valence-electron chi connectivity index (χ4n) is 2.65. The molecule has 0 aliphatic heterocycles. The number of esters is 1. The maximum Gasteiger partial charge on any atom is 0.342 e. The molecule has 1 amide bonds. The summed E-state index contributed by atoms with van der Waals surface area (Å²) in [6.07, 6.45) is 0. The van der Waals surface area contributed by atoms with Crippen LogP contribution in [0.15, 0.2) is 39.5 Å². The van der Waals surface area contributed by atoms with Crippen LogP contribution in [0.4, 0.5) is 0 Å². The van der Waals surface area contributed by atoms with Crippen LogP contribution in [0.1, 0.15) is 40.2 Å². The number of amides is 1. The highest BCUT2D eigenvalue weighted by atomic mass is 16.5. The minimum Gasteiger partial charge on any atom is -0.496 e. The Kier molecular flexibility index (Phi) is 6.16. The molecule has 0 saturated heterocycles. The highest BCUT2D eigenvalue weighted by molar-refractivity contribution is 5.93. The van der Waals surface area contributed by atoms with Crippen LogP contribution >= 0.6 is 0 Å². The molecule has 0 saturated carbocycles. The van der Waals surface area contributed by atoms with Crippen LogP contribution in [0.5, 0.6) is 5.75 Å². The molecule has 2 rings (SSSR count). The number of nitrogens with one attached hydrogen (secondary N) is 1. The summed E-state index contributed by atoms with van der Waals surface area (Å²) in [4.78, 5) is 35.5. The molecule has 26 heavy (non-hydrogen) atoms. The van der Waals surface area contributed by atoms with Crippen molar-refractivity contribution in [1.82, 2.24) is 5.32 Å². The smallest absolute Gasteiger partial charge is 0.342 e. The van der Waals surface area contributed by atoms with Crippen LogP contribution in [0, 0.1) is 13.8 Å². The van der Waals surface area contributed by atoms with Crippen LogP contribution in [-0.4, -0.2) is 25.6 Å². The first-order valence-corrected chi connectivity index (χ1v) is 8.04. The molecule has 0 fully saturated rings.